The van der Waals surface area contributed by atoms with Gasteiger partial charge < -0.3 is 9.64 Å². The molecule has 1 saturated carbocycles. The van der Waals surface area contributed by atoms with Gasteiger partial charge in [0.1, 0.15) is 11.6 Å². The van der Waals surface area contributed by atoms with Crippen LogP contribution in [0.1, 0.15) is 59.7 Å². The van der Waals surface area contributed by atoms with Crippen LogP contribution in [0.25, 0.3) is 0 Å². The summed E-state index contributed by atoms with van der Waals surface area (Å²) in [5.74, 6) is 1.64. The predicted molar refractivity (Wildman–Crippen MR) is 138 cm³/mol. The van der Waals surface area contributed by atoms with E-state index in [1.54, 1.807) is 11.3 Å². The van der Waals surface area contributed by atoms with Crippen molar-refractivity contribution in [3.63, 3.8) is 0 Å². The number of hydrogen-bond donors (Lipinski definition) is 0. The first kappa shape index (κ1) is 25.7. The summed E-state index contributed by atoms with van der Waals surface area (Å²) in [5, 5.41) is 1.03. The highest BCUT2D eigenvalue weighted by Gasteiger charge is 2.24. The second kappa shape index (κ2) is 12.5. The quantitative estimate of drug-likeness (QED) is 0.297. The molecule has 3 heterocycles. The fourth-order valence-electron chi connectivity index (χ4n) is 5.24. The number of rotatable bonds is 10. The molecule has 2 aromatic heterocycles. The number of thiazole rings is 1. The van der Waals surface area contributed by atoms with E-state index in [2.05, 4.69) is 27.5 Å². The Morgan fingerprint density at radius 3 is 2.74 bits per heavy atom. The van der Waals surface area contributed by atoms with E-state index in [1.807, 2.05) is 19.2 Å². The Morgan fingerprint density at radius 2 is 2.00 bits per heavy atom. The van der Waals surface area contributed by atoms with Crippen LogP contribution in [0.15, 0.2) is 43.1 Å². The Labute approximate surface area is 212 Å². The van der Waals surface area contributed by atoms with Crippen molar-refractivity contribution in [2.75, 3.05) is 19.6 Å². The van der Waals surface area contributed by atoms with Gasteiger partial charge in [0.05, 0.1) is 11.3 Å². The number of ketones is 1. The molecule has 0 saturated heterocycles. The van der Waals surface area contributed by atoms with Crippen molar-refractivity contribution in [3.05, 3.63) is 64.2 Å². The zero-order chi connectivity index (χ0) is 24.6. The highest BCUT2D eigenvalue weighted by Crippen LogP contribution is 2.33. The maximum absolute atomic E-state index is 12.7. The monoisotopic (exact) mass is 497 g/mol. The normalized spacial score (nSPS) is 21.0. The molecule has 0 aromatic carbocycles. The van der Waals surface area contributed by atoms with E-state index < -0.39 is 5.83 Å². The lowest BCUT2D eigenvalue weighted by Gasteiger charge is -2.30. The highest BCUT2D eigenvalue weighted by molar-refractivity contribution is 7.11. The summed E-state index contributed by atoms with van der Waals surface area (Å²) in [6, 6.07) is 3.93. The Bertz CT molecular complexity index is 1040. The number of carbonyl (C=O) groups is 1. The molecule has 0 atom stereocenters. The van der Waals surface area contributed by atoms with Gasteiger partial charge in [-0.05, 0) is 56.6 Å². The average Bonchev–Trinajstić information content (AvgIpc) is 3.12. The second-order valence-corrected chi connectivity index (χ2v) is 11.2. The number of pyridine rings is 1. The Kier molecular flexibility index (Phi) is 9.21. The number of hydrogen-bond acceptors (Lipinski definition) is 6. The van der Waals surface area contributed by atoms with Crippen LogP contribution < -0.4 is 4.74 Å². The van der Waals surface area contributed by atoms with Gasteiger partial charge in [0.25, 0.3) is 0 Å². The van der Waals surface area contributed by atoms with E-state index in [1.165, 1.54) is 50.0 Å². The number of Topliss-reactive ketones (excluding diaryl/α,β-unsaturated/α-hetero) is 1. The van der Waals surface area contributed by atoms with Crippen LogP contribution in [0.4, 0.5) is 4.39 Å². The largest absolute Gasteiger partial charge is 0.447 e. The molecule has 5 nitrogen and oxygen atoms in total. The maximum Gasteiger partial charge on any atom is 0.218 e. The fraction of sp³-hybridized carbons (Fsp3) is 0.536. The summed E-state index contributed by atoms with van der Waals surface area (Å²) < 4.78 is 18.1. The van der Waals surface area contributed by atoms with Crippen molar-refractivity contribution in [1.29, 1.82) is 0 Å². The SMILES string of the molecule is C=C(F)/C=C/Oc1ccc2c(n1)CCN(CCC1CCC(CC(=O)Cc3cnc(C)s3)CC1)CC2. The number of aromatic nitrogens is 2. The third kappa shape index (κ3) is 8.07. The summed E-state index contributed by atoms with van der Waals surface area (Å²) in [4.78, 5) is 25.0. The number of carbonyl (C=O) groups excluding carboxylic acids is 1. The number of ether oxygens (including phenoxy) is 1. The smallest absolute Gasteiger partial charge is 0.218 e. The fourth-order valence-corrected chi connectivity index (χ4v) is 6.06. The van der Waals surface area contributed by atoms with Gasteiger partial charge >= 0.3 is 0 Å². The van der Waals surface area contributed by atoms with Crippen LogP contribution in [0.3, 0.4) is 0 Å². The molecule has 0 unspecified atom stereocenters. The van der Waals surface area contributed by atoms with Crippen molar-refractivity contribution in [3.8, 4) is 5.88 Å². The number of allylic oxidation sites excluding steroid dienone is 2. The predicted octanol–water partition coefficient (Wildman–Crippen LogP) is 6.02. The van der Waals surface area contributed by atoms with Crippen LogP contribution in [0.5, 0.6) is 5.88 Å². The van der Waals surface area contributed by atoms with Crippen molar-refractivity contribution in [2.45, 2.75) is 64.7 Å². The van der Waals surface area contributed by atoms with Gasteiger partial charge in [-0.1, -0.05) is 25.5 Å². The summed E-state index contributed by atoms with van der Waals surface area (Å²) >= 11 is 1.64. The highest BCUT2D eigenvalue weighted by atomic mass is 32.1. The lowest BCUT2D eigenvalue weighted by molar-refractivity contribution is -0.119. The Balaban J connectivity index is 1.16. The van der Waals surface area contributed by atoms with Gasteiger partial charge in [0.15, 0.2) is 0 Å². The Hall–Kier alpha value is -2.38. The molecule has 1 aliphatic heterocycles. The standard InChI is InChI=1S/C28H36FN3O2S/c1-20(29)12-16-34-28-8-7-24-10-14-32(15-11-27(24)31-28)13-9-22-3-5-23(6-4-22)17-25(33)18-26-19-30-21(2)35-26/h7-8,12,16,19,22-23H,1,3-6,9-11,13-15,17-18H2,2H3/b16-12+. The summed E-state index contributed by atoms with van der Waals surface area (Å²) in [7, 11) is 0. The van der Waals surface area contributed by atoms with E-state index in [0.29, 0.717) is 24.0 Å². The molecule has 2 aliphatic rings. The van der Waals surface area contributed by atoms with Crippen molar-refractivity contribution < 1.29 is 13.9 Å². The van der Waals surface area contributed by atoms with Crippen LogP contribution >= 0.6 is 11.3 Å². The number of fused-ring (bicyclic) bond motifs is 1. The zero-order valence-electron chi connectivity index (χ0n) is 20.7. The van der Waals surface area contributed by atoms with E-state index >= 15 is 0 Å². The first-order chi connectivity index (χ1) is 16.9. The molecular weight excluding hydrogens is 461 g/mol. The topological polar surface area (TPSA) is 55.3 Å². The van der Waals surface area contributed by atoms with E-state index in [0.717, 1.165) is 60.4 Å². The molecule has 0 spiro atoms. The molecule has 35 heavy (non-hydrogen) atoms. The first-order valence-corrected chi connectivity index (χ1v) is 13.6. The van der Waals surface area contributed by atoms with E-state index in [-0.39, 0.29) is 0 Å². The molecule has 188 valence electrons. The second-order valence-electron chi connectivity index (χ2n) is 9.91. The van der Waals surface area contributed by atoms with Gasteiger partial charge in [-0.3, -0.25) is 4.79 Å². The van der Waals surface area contributed by atoms with Gasteiger partial charge in [-0.2, -0.15) is 0 Å². The van der Waals surface area contributed by atoms with E-state index in [9.17, 15) is 9.18 Å². The number of halogens is 1. The van der Waals surface area contributed by atoms with E-state index in [4.69, 9.17) is 4.74 Å². The van der Waals surface area contributed by atoms with Crippen molar-refractivity contribution in [2.24, 2.45) is 11.8 Å². The minimum atomic E-state index is -0.542. The van der Waals surface area contributed by atoms with Gasteiger partial charge in [0, 0.05) is 61.3 Å². The number of aryl methyl sites for hydroxylation is 1. The zero-order valence-corrected chi connectivity index (χ0v) is 21.5. The van der Waals surface area contributed by atoms with Gasteiger partial charge in [-0.25, -0.2) is 14.4 Å². The van der Waals surface area contributed by atoms with Crippen LogP contribution in [-0.2, 0) is 24.1 Å². The molecule has 0 bridgehead atoms. The van der Waals surface area contributed by atoms with Crippen molar-refractivity contribution in [1.82, 2.24) is 14.9 Å². The molecule has 0 radical (unpaired) electrons. The molecular formula is C28H36FN3O2S. The molecule has 1 aliphatic carbocycles. The van der Waals surface area contributed by atoms with Crippen LogP contribution in [0, 0.1) is 18.8 Å². The maximum atomic E-state index is 12.7. The summed E-state index contributed by atoms with van der Waals surface area (Å²) in [6.45, 7) is 8.35. The molecule has 2 aromatic rings. The first-order valence-electron chi connectivity index (χ1n) is 12.8. The third-order valence-electron chi connectivity index (χ3n) is 7.22. The average molecular weight is 498 g/mol. The summed E-state index contributed by atoms with van der Waals surface area (Å²) in [5.41, 5.74) is 2.36. The van der Waals surface area contributed by atoms with Gasteiger partial charge in [0.2, 0.25) is 5.88 Å². The number of nitrogens with zero attached hydrogens (tertiary/aromatic N) is 3. The molecule has 0 N–H and O–H groups in total. The lowest BCUT2D eigenvalue weighted by atomic mass is 9.78. The van der Waals surface area contributed by atoms with Crippen molar-refractivity contribution >= 4 is 17.1 Å². The molecule has 4 rings (SSSR count). The molecule has 0 amide bonds. The summed E-state index contributed by atoms with van der Waals surface area (Å²) in [6.07, 6.45) is 13.6. The van der Waals surface area contributed by atoms with Gasteiger partial charge in [-0.15, -0.1) is 11.3 Å². The lowest BCUT2D eigenvalue weighted by Crippen LogP contribution is -2.29. The Morgan fingerprint density at radius 1 is 1.23 bits per heavy atom. The third-order valence-corrected chi connectivity index (χ3v) is 8.13. The molecule has 7 heteroatoms. The minimum absolute atomic E-state index is 0.368. The minimum Gasteiger partial charge on any atom is -0.447 e. The van der Waals surface area contributed by atoms with Crippen LogP contribution in [0.2, 0.25) is 0 Å². The molecule has 1 fully saturated rings. The van der Waals surface area contributed by atoms with Crippen LogP contribution in [-0.4, -0.2) is 40.3 Å².